The summed E-state index contributed by atoms with van der Waals surface area (Å²) in [5.74, 6) is -0.192. The third kappa shape index (κ3) is 4.53. The van der Waals surface area contributed by atoms with E-state index in [1.807, 2.05) is 0 Å². The first-order valence-electron chi connectivity index (χ1n) is 8.01. The lowest BCUT2D eigenvalue weighted by Gasteiger charge is -2.16. The summed E-state index contributed by atoms with van der Waals surface area (Å²) in [6, 6.07) is 14.1. The first-order chi connectivity index (χ1) is 12.8. The zero-order valence-corrected chi connectivity index (χ0v) is 15.2. The molecule has 8 heteroatoms. The largest absolute Gasteiger partial charge is 0.467 e. The standard InChI is InChI=1S/C19H17FN2O4S/c1-22(13-17-5-3-11-26-17)19(23)14-4-2-6-18(12-14)27(24,25)21-16-9-7-15(20)8-10-16/h2-12,21H,13H2,1H3. The average Bonchev–Trinajstić information content (AvgIpc) is 3.16. The third-order valence-electron chi connectivity index (χ3n) is 3.81. The van der Waals surface area contributed by atoms with Crippen molar-refractivity contribution < 1.29 is 22.0 Å². The van der Waals surface area contributed by atoms with Crippen LogP contribution in [0, 0.1) is 5.82 Å². The van der Waals surface area contributed by atoms with Gasteiger partial charge < -0.3 is 9.32 Å². The molecule has 3 rings (SSSR count). The fourth-order valence-corrected chi connectivity index (χ4v) is 3.56. The molecular formula is C19H17FN2O4S. The van der Waals surface area contributed by atoms with Crippen molar-refractivity contribution in [2.75, 3.05) is 11.8 Å². The van der Waals surface area contributed by atoms with Crippen LogP contribution in [0.5, 0.6) is 0 Å². The minimum atomic E-state index is -3.92. The molecule has 0 aliphatic rings. The molecule has 0 spiro atoms. The van der Waals surface area contributed by atoms with Crippen molar-refractivity contribution in [3.8, 4) is 0 Å². The Labute approximate surface area is 156 Å². The van der Waals surface area contributed by atoms with Gasteiger partial charge in [0, 0.05) is 18.3 Å². The molecule has 3 aromatic rings. The number of nitrogens with one attached hydrogen (secondary N) is 1. The van der Waals surface area contributed by atoms with E-state index < -0.39 is 15.8 Å². The Bertz CT molecular complexity index is 1030. The van der Waals surface area contributed by atoms with Crippen LogP contribution in [-0.4, -0.2) is 26.3 Å². The minimum absolute atomic E-state index is 0.0657. The number of anilines is 1. The molecule has 0 aliphatic heterocycles. The quantitative estimate of drug-likeness (QED) is 0.701. The second-order valence-electron chi connectivity index (χ2n) is 5.88. The fraction of sp³-hybridized carbons (Fsp3) is 0.105. The highest BCUT2D eigenvalue weighted by Gasteiger charge is 2.19. The van der Waals surface area contributed by atoms with Gasteiger partial charge in [0.25, 0.3) is 15.9 Å². The molecule has 0 unspecified atom stereocenters. The van der Waals surface area contributed by atoms with Gasteiger partial charge in [-0.25, -0.2) is 12.8 Å². The number of hydrogen-bond acceptors (Lipinski definition) is 4. The van der Waals surface area contributed by atoms with E-state index >= 15 is 0 Å². The normalized spacial score (nSPS) is 11.2. The van der Waals surface area contributed by atoms with E-state index in [9.17, 15) is 17.6 Å². The first-order valence-corrected chi connectivity index (χ1v) is 9.50. The zero-order valence-electron chi connectivity index (χ0n) is 14.4. The van der Waals surface area contributed by atoms with Gasteiger partial charge in [-0.15, -0.1) is 0 Å². The summed E-state index contributed by atoms with van der Waals surface area (Å²) in [6.07, 6.45) is 1.52. The van der Waals surface area contributed by atoms with Crippen molar-refractivity contribution in [2.24, 2.45) is 0 Å². The highest BCUT2D eigenvalue weighted by atomic mass is 32.2. The molecule has 6 nitrogen and oxygen atoms in total. The smallest absolute Gasteiger partial charge is 0.261 e. The van der Waals surface area contributed by atoms with Gasteiger partial charge in [0.1, 0.15) is 11.6 Å². The van der Waals surface area contributed by atoms with Gasteiger partial charge in [0.15, 0.2) is 0 Å². The van der Waals surface area contributed by atoms with Gasteiger partial charge in [-0.1, -0.05) is 6.07 Å². The molecule has 1 aromatic heterocycles. The van der Waals surface area contributed by atoms with Crippen LogP contribution in [0.15, 0.2) is 76.2 Å². The topological polar surface area (TPSA) is 79.6 Å². The maximum Gasteiger partial charge on any atom is 0.261 e. The Balaban J connectivity index is 1.79. The zero-order chi connectivity index (χ0) is 19.4. The summed E-state index contributed by atoms with van der Waals surface area (Å²) < 4.78 is 45.6. The van der Waals surface area contributed by atoms with Crippen molar-refractivity contribution in [3.63, 3.8) is 0 Å². The van der Waals surface area contributed by atoms with E-state index in [1.165, 1.54) is 47.6 Å². The first kappa shape index (κ1) is 18.7. The molecule has 1 heterocycles. The third-order valence-corrected chi connectivity index (χ3v) is 5.19. The van der Waals surface area contributed by atoms with E-state index in [0.717, 1.165) is 12.1 Å². The van der Waals surface area contributed by atoms with Crippen molar-refractivity contribution in [1.82, 2.24) is 4.90 Å². The van der Waals surface area contributed by atoms with Crippen molar-refractivity contribution in [2.45, 2.75) is 11.4 Å². The lowest BCUT2D eigenvalue weighted by atomic mass is 10.2. The molecule has 1 N–H and O–H groups in total. The SMILES string of the molecule is CN(Cc1ccco1)C(=O)c1cccc(S(=O)(=O)Nc2ccc(F)cc2)c1. The highest BCUT2D eigenvalue weighted by Crippen LogP contribution is 2.18. The molecule has 140 valence electrons. The molecule has 0 bridgehead atoms. The number of hydrogen-bond donors (Lipinski definition) is 1. The van der Waals surface area contributed by atoms with Crippen molar-refractivity contribution >= 4 is 21.6 Å². The second-order valence-corrected chi connectivity index (χ2v) is 7.56. The summed E-state index contributed by atoms with van der Waals surface area (Å²) in [6.45, 7) is 0.261. The second kappa shape index (κ2) is 7.63. The van der Waals surface area contributed by atoms with E-state index in [-0.39, 0.29) is 28.6 Å². The van der Waals surface area contributed by atoms with Gasteiger partial charge in [0.2, 0.25) is 0 Å². The van der Waals surface area contributed by atoms with Gasteiger partial charge in [-0.05, 0) is 54.6 Å². The van der Waals surface area contributed by atoms with Crippen molar-refractivity contribution in [3.05, 3.63) is 84.1 Å². The van der Waals surface area contributed by atoms with E-state index in [1.54, 1.807) is 19.2 Å². The van der Waals surface area contributed by atoms with Crippen LogP contribution in [-0.2, 0) is 16.6 Å². The van der Waals surface area contributed by atoms with E-state index in [4.69, 9.17) is 4.42 Å². The molecular weight excluding hydrogens is 371 g/mol. The Morgan fingerprint density at radius 1 is 1.11 bits per heavy atom. The Morgan fingerprint density at radius 2 is 1.85 bits per heavy atom. The van der Waals surface area contributed by atoms with Gasteiger partial charge in [0.05, 0.1) is 17.7 Å². The number of sulfonamides is 1. The summed E-state index contributed by atoms with van der Waals surface area (Å²) in [7, 11) is -2.32. The van der Waals surface area contributed by atoms with Crippen LogP contribution >= 0.6 is 0 Å². The Kier molecular flexibility index (Phi) is 5.27. The number of nitrogens with zero attached hydrogens (tertiary/aromatic N) is 1. The lowest BCUT2D eigenvalue weighted by molar-refractivity contribution is 0.0775. The maximum atomic E-state index is 13.0. The number of benzene rings is 2. The molecule has 0 aliphatic carbocycles. The number of rotatable bonds is 6. The Morgan fingerprint density at radius 3 is 2.52 bits per heavy atom. The highest BCUT2D eigenvalue weighted by molar-refractivity contribution is 7.92. The summed E-state index contributed by atoms with van der Waals surface area (Å²) in [5.41, 5.74) is 0.453. The number of halogens is 1. The molecule has 0 radical (unpaired) electrons. The Hall–Kier alpha value is -3.13. The summed E-state index contributed by atoms with van der Waals surface area (Å²) in [4.78, 5) is 13.9. The molecule has 0 saturated carbocycles. The number of carbonyl (C=O) groups is 1. The predicted octanol–water partition coefficient (Wildman–Crippen LogP) is 3.49. The lowest BCUT2D eigenvalue weighted by Crippen LogP contribution is -2.26. The molecule has 0 saturated heterocycles. The van der Waals surface area contributed by atoms with Crippen LogP contribution in [0.25, 0.3) is 0 Å². The molecule has 1 amide bonds. The van der Waals surface area contributed by atoms with Crippen LogP contribution < -0.4 is 4.72 Å². The molecule has 0 fully saturated rings. The van der Waals surface area contributed by atoms with Crippen LogP contribution in [0.1, 0.15) is 16.1 Å². The van der Waals surface area contributed by atoms with Crippen molar-refractivity contribution in [1.29, 1.82) is 0 Å². The van der Waals surface area contributed by atoms with Gasteiger partial charge >= 0.3 is 0 Å². The molecule has 27 heavy (non-hydrogen) atoms. The van der Waals surface area contributed by atoms with Crippen LogP contribution in [0.4, 0.5) is 10.1 Å². The molecule has 0 atom stereocenters. The van der Waals surface area contributed by atoms with Gasteiger partial charge in [-0.2, -0.15) is 0 Å². The average molecular weight is 388 g/mol. The number of carbonyl (C=O) groups excluding carboxylic acids is 1. The summed E-state index contributed by atoms with van der Waals surface area (Å²) >= 11 is 0. The molecule has 2 aromatic carbocycles. The fourth-order valence-electron chi connectivity index (χ4n) is 2.46. The van der Waals surface area contributed by atoms with E-state index in [0.29, 0.717) is 5.76 Å². The van der Waals surface area contributed by atoms with E-state index in [2.05, 4.69) is 4.72 Å². The monoisotopic (exact) mass is 388 g/mol. The predicted molar refractivity (Wildman–Crippen MR) is 98.2 cm³/mol. The maximum absolute atomic E-state index is 13.0. The van der Waals surface area contributed by atoms with Gasteiger partial charge in [-0.3, -0.25) is 9.52 Å². The number of amides is 1. The minimum Gasteiger partial charge on any atom is -0.467 e. The summed E-state index contributed by atoms with van der Waals surface area (Å²) in [5, 5.41) is 0. The van der Waals surface area contributed by atoms with Crippen LogP contribution in [0.3, 0.4) is 0 Å². The number of furan rings is 1. The van der Waals surface area contributed by atoms with Crippen LogP contribution in [0.2, 0.25) is 0 Å².